The van der Waals surface area contributed by atoms with Gasteiger partial charge in [-0.25, -0.2) is 0 Å². The van der Waals surface area contributed by atoms with Crippen LogP contribution in [-0.2, 0) is 20.9 Å². The number of carbonyl (C=O) groups excluding carboxylic acids is 2. The number of amides is 1. The van der Waals surface area contributed by atoms with Gasteiger partial charge in [-0.1, -0.05) is 75.8 Å². The standard InChI is InChI=1S/C22H35NO3/c1-3-4-5-6-7-8-12-18-26-22(25)17-13-16-21(24)23(2)19-20-14-10-9-11-15-20/h9-11,14-15H,3-8,12-13,16-19H2,1-2H3. The van der Waals surface area contributed by atoms with Crippen LogP contribution in [-0.4, -0.2) is 30.4 Å². The lowest BCUT2D eigenvalue weighted by Gasteiger charge is -2.17. The Labute approximate surface area is 158 Å². The average molecular weight is 362 g/mol. The highest BCUT2D eigenvalue weighted by molar-refractivity contribution is 5.77. The van der Waals surface area contributed by atoms with Gasteiger partial charge in [-0.3, -0.25) is 9.59 Å². The molecule has 1 aromatic carbocycles. The fourth-order valence-corrected chi connectivity index (χ4v) is 2.84. The Balaban J connectivity index is 2.02. The second kappa shape index (κ2) is 14.3. The van der Waals surface area contributed by atoms with Gasteiger partial charge in [-0.2, -0.15) is 0 Å². The van der Waals surface area contributed by atoms with Crippen LogP contribution < -0.4 is 0 Å². The molecule has 0 spiro atoms. The summed E-state index contributed by atoms with van der Waals surface area (Å²) in [7, 11) is 1.80. The van der Waals surface area contributed by atoms with Crippen molar-refractivity contribution in [1.29, 1.82) is 0 Å². The van der Waals surface area contributed by atoms with Crippen LogP contribution in [0.25, 0.3) is 0 Å². The van der Waals surface area contributed by atoms with E-state index in [2.05, 4.69) is 6.92 Å². The van der Waals surface area contributed by atoms with Crippen molar-refractivity contribution in [3.05, 3.63) is 35.9 Å². The van der Waals surface area contributed by atoms with Crippen LogP contribution in [0, 0.1) is 0 Å². The molecule has 4 heteroatoms. The normalized spacial score (nSPS) is 10.5. The van der Waals surface area contributed by atoms with Gasteiger partial charge in [0.1, 0.15) is 0 Å². The van der Waals surface area contributed by atoms with Crippen molar-refractivity contribution in [3.63, 3.8) is 0 Å². The van der Waals surface area contributed by atoms with Crippen molar-refractivity contribution in [2.45, 2.75) is 77.7 Å². The Morgan fingerprint density at radius 2 is 1.54 bits per heavy atom. The molecule has 1 rings (SSSR count). The topological polar surface area (TPSA) is 46.6 Å². The van der Waals surface area contributed by atoms with Crippen LogP contribution in [0.3, 0.4) is 0 Å². The molecule has 146 valence electrons. The summed E-state index contributed by atoms with van der Waals surface area (Å²) in [5.41, 5.74) is 1.11. The van der Waals surface area contributed by atoms with Gasteiger partial charge in [0.15, 0.2) is 0 Å². The minimum atomic E-state index is -0.186. The first-order valence-electron chi connectivity index (χ1n) is 10.1. The van der Waals surface area contributed by atoms with E-state index in [1.54, 1.807) is 11.9 Å². The molecule has 1 amide bonds. The summed E-state index contributed by atoms with van der Waals surface area (Å²) in [6.07, 6.45) is 9.71. The molecular weight excluding hydrogens is 326 g/mol. The molecule has 4 nitrogen and oxygen atoms in total. The van der Waals surface area contributed by atoms with E-state index in [9.17, 15) is 9.59 Å². The van der Waals surface area contributed by atoms with Crippen LogP contribution in [0.2, 0.25) is 0 Å². The Bertz CT molecular complexity index is 501. The molecular formula is C22H35NO3. The third-order valence-corrected chi connectivity index (χ3v) is 4.47. The summed E-state index contributed by atoms with van der Waals surface area (Å²) < 4.78 is 5.24. The minimum Gasteiger partial charge on any atom is -0.466 e. The lowest BCUT2D eigenvalue weighted by atomic mass is 10.1. The molecule has 0 aliphatic rings. The molecule has 0 bridgehead atoms. The zero-order valence-electron chi connectivity index (χ0n) is 16.5. The number of esters is 1. The van der Waals surface area contributed by atoms with Crippen molar-refractivity contribution in [3.8, 4) is 0 Å². The summed E-state index contributed by atoms with van der Waals surface area (Å²) in [6.45, 7) is 3.32. The van der Waals surface area contributed by atoms with Crippen LogP contribution in [0.1, 0.15) is 76.7 Å². The van der Waals surface area contributed by atoms with Crippen LogP contribution in [0.15, 0.2) is 30.3 Å². The number of benzene rings is 1. The van der Waals surface area contributed by atoms with E-state index in [1.807, 2.05) is 30.3 Å². The Morgan fingerprint density at radius 1 is 0.885 bits per heavy atom. The summed E-state index contributed by atoms with van der Waals surface area (Å²) >= 11 is 0. The van der Waals surface area contributed by atoms with Crippen LogP contribution in [0.5, 0.6) is 0 Å². The van der Waals surface area contributed by atoms with Gasteiger partial charge in [-0.05, 0) is 18.4 Å². The van der Waals surface area contributed by atoms with Crippen LogP contribution >= 0.6 is 0 Å². The zero-order valence-corrected chi connectivity index (χ0v) is 16.5. The molecule has 0 aromatic heterocycles. The molecule has 1 aromatic rings. The molecule has 0 atom stereocenters. The number of carbonyl (C=O) groups is 2. The summed E-state index contributed by atoms with van der Waals surface area (Å²) in [5.74, 6) is -0.122. The predicted octanol–water partition coefficient (Wildman–Crippen LogP) is 5.11. The van der Waals surface area contributed by atoms with E-state index in [0.717, 1.165) is 18.4 Å². The molecule has 26 heavy (non-hydrogen) atoms. The Kier molecular flexibility index (Phi) is 12.2. The van der Waals surface area contributed by atoms with Gasteiger partial charge in [0.25, 0.3) is 0 Å². The van der Waals surface area contributed by atoms with Gasteiger partial charge in [0.2, 0.25) is 5.91 Å². The van der Waals surface area contributed by atoms with Crippen molar-refractivity contribution >= 4 is 11.9 Å². The maximum atomic E-state index is 12.1. The van der Waals surface area contributed by atoms with E-state index < -0.39 is 0 Å². The first kappa shape index (κ1) is 22.2. The maximum absolute atomic E-state index is 12.1. The van der Waals surface area contributed by atoms with Gasteiger partial charge in [0, 0.05) is 26.4 Å². The average Bonchev–Trinajstić information content (AvgIpc) is 2.64. The second-order valence-corrected chi connectivity index (χ2v) is 6.93. The fourth-order valence-electron chi connectivity index (χ4n) is 2.84. The predicted molar refractivity (Wildman–Crippen MR) is 106 cm³/mol. The number of nitrogens with zero attached hydrogens (tertiary/aromatic N) is 1. The van der Waals surface area contributed by atoms with Crippen molar-refractivity contribution in [1.82, 2.24) is 4.90 Å². The van der Waals surface area contributed by atoms with E-state index in [4.69, 9.17) is 4.74 Å². The number of ether oxygens (including phenoxy) is 1. The first-order valence-corrected chi connectivity index (χ1v) is 10.1. The highest BCUT2D eigenvalue weighted by Gasteiger charge is 2.11. The van der Waals surface area contributed by atoms with E-state index >= 15 is 0 Å². The lowest BCUT2D eigenvalue weighted by molar-refractivity contribution is -0.144. The molecule has 0 N–H and O–H groups in total. The third-order valence-electron chi connectivity index (χ3n) is 4.47. The molecule has 0 aliphatic carbocycles. The quantitative estimate of drug-likeness (QED) is 0.342. The van der Waals surface area contributed by atoms with Gasteiger partial charge >= 0.3 is 5.97 Å². The molecule has 0 saturated heterocycles. The van der Waals surface area contributed by atoms with E-state index in [-0.39, 0.29) is 11.9 Å². The van der Waals surface area contributed by atoms with Gasteiger partial charge in [-0.15, -0.1) is 0 Å². The highest BCUT2D eigenvalue weighted by atomic mass is 16.5. The Morgan fingerprint density at radius 3 is 2.23 bits per heavy atom. The van der Waals surface area contributed by atoms with Gasteiger partial charge in [0.05, 0.1) is 6.61 Å². The fraction of sp³-hybridized carbons (Fsp3) is 0.636. The highest BCUT2D eigenvalue weighted by Crippen LogP contribution is 2.08. The number of unbranched alkanes of at least 4 members (excludes halogenated alkanes) is 6. The second-order valence-electron chi connectivity index (χ2n) is 6.93. The van der Waals surface area contributed by atoms with Crippen molar-refractivity contribution in [2.75, 3.05) is 13.7 Å². The monoisotopic (exact) mass is 361 g/mol. The van der Waals surface area contributed by atoms with Gasteiger partial charge < -0.3 is 9.64 Å². The molecule has 0 fully saturated rings. The molecule has 0 unspecified atom stereocenters. The Hall–Kier alpha value is -1.84. The smallest absolute Gasteiger partial charge is 0.305 e. The molecule has 0 heterocycles. The largest absolute Gasteiger partial charge is 0.466 e. The van der Waals surface area contributed by atoms with E-state index in [1.165, 1.54) is 32.1 Å². The lowest BCUT2D eigenvalue weighted by Crippen LogP contribution is -2.26. The summed E-state index contributed by atoms with van der Waals surface area (Å²) in [4.78, 5) is 25.5. The summed E-state index contributed by atoms with van der Waals surface area (Å²) in [6, 6.07) is 9.91. The minimum absolute atomic E-state index is 0.0636. The zero-order chi connectivity index (χ0) is 19.0. The number of hydrogen-bond donors (Lipinski definition) is 0. The summed E-state index contributed by atoms with van der Waals surface area (Å²) in [5, 5.41) is 0. The molecule has 0 saturated carbocycles. The van der Waals surface area contributed by atoms with Crippen LogP contribution in [0.4, 0.5) is 0 Å². The molecule has 0 radical (unpaired) electrons. The van der Waals surface area contributed by atoms with Crippen molar-refractivity contribution < 1.29 is 14.3 Å². The molecule has 0 aliphatic heterocycles. The van der Waals surface area contributed by atoms with Crippen molar-refractivity contribution in [2.24, 2.45) is 0 Å². The number of hydrogen-bond acceptors (Lipinski definition) is 3. The van der Waals surface area contributed by atoms with E-state index in [0.29, 0.717) is 32.4 Å². The maximum Gasteiger partial charge on any atom is 0.305 e. The number of rotatable bonds is 14. The first-order chi connectivity index (χ1) is 12.6. The third kappa shape index (κ3) is 10.9. The SMILES string of the molecule is CCCCCCCCCOC(=O)CCCC(=O)N(C)Cc1ccccc1.